The predicted octanol–water partition coefficient (Wildman–Crippen LogP) is 3.51. The normalized spacial score (nSPS) is 26.3. The minimum atomic E-state index is -1.98. The summed E-state index contributed by atoms with van der Waals surface area (Å²) in [5, 5.41) is 0. The molecule has 0 N–H and O–H groups in total. The van der Waals surface area contributed by atoms with Crippen LogP contribution in [-0.2, 0) is 0 Å². The van der Waals surface area contributed by atoms with Crippen molar-refractivity contribution in [1.29, 1.82) is 0 Å². The zero-order chi connectivity index (χ0) is 14.5. The summed E-state index contributed by atoms with van der Waals surface area (Å²) < 4.78 is 54.5. The van der Waals surface area contributed by atoms with E-state index in [1.807, 2.05) is 0 Å². The lowest BCUT2D eigenvalue weighted by Crippen LogP contribution is -1.89. The van der Waals surface area contributed by atoms with Gasteiger partial charge in [-0.2, -0.15) is 0 Å². The monoisotopic (exact) mass is 155 g/mol. The van der Waals surface area contributed by atoms with E-state index in [2.05, 4.69) is 0 Å². The lowest BCUT2D eigenvalue weighted by Gasteiger charge is -2.07. The molecule has 0 heteroatoms. The minimum absolute atomic E-state index is 0.199. The standard InChI is InChI=1S/C11H16/c1-4-10(3)11-7-5-9(2)6-8-11/h5-8,10H,4H2,1-3H3/i4D2,5D,6D,7D,8D,10D. The van der Waals surface area contributed by atoms with E-state index < -0.39 is 12.3 Å². The van der Waals surface area contributed by atoms with Gasteiger partial charge >= 0.3 is 0 Å². The Kier molecular flexibility index (Phi) is 0.949. The van der Waals surface area contributed by atoms with Gasteiger partial charge in [0, 0.05) is 4.11 Å². The summed E-state index contributed by atoms with van der Waals surface area (Å²) in [6, 6.07) is -1.10. The van der Waals surface area contributed by atoms with Crippen LogP contribution in [0.4, 0.5) is 0 Å². The molecule has 1 aromatic carbocycles. The summed E-state index contributed by atoms with van der Waals surface area (Å²) in [5.41, 5.74) is 0.0109. The molecule has 0 aliphatic rings. The summed E-state index contributed by atoms with van der Waals surface area (Å²) in [6.07, 6.45) is -1.98. The molecular weight excluding hydrogens is 132 g/mol. The molecule has 0 saturated carbocycles. The first-order chi connectivity index (χ1) is 7.93. The number of hydrogen-bond acceptors (Lipinski definition) is 0. The molecular formula is C11H16. The van der Waals surface area contributed by atoms with Crippen LogP contribution in [0, 0.1) is 6.92 Å². The molecule has 0 radical (unpaired) electrons. The highest BCUT2D eigenvalue weighted by atomic mass is 14.0. The third-order valence-electron chi connectivity index (χ3n) is 1.50. The molecule has 0 nitrogen and oxygen atoms in total. The molecule has 1 atom stereocenters. The highest BCUT2D eigenvalue weighted by molar-refractivity contribution is 5.23. The fraction of sp³-hybridized carbons (Fsp3) is 0.455. The number of benzene rings is 1. The van der Waals surface area contributed by atoms with E-state index >= 15 is 0 Å². The largest absolute Gasteiger partial charge is 0.0648 e. The van der Waals surface area contributed by atoms with E-state index in [1.54, 1.807) is 0 Å². The first kappa shape index (κ1) is 2.93. The Balaban J connectivity index is 3.72. The Hall–Kier alpha value is -0.780. The molecule has 1 aromatic rings. The molecule has 0 bridgehead atoms. The molecule has 11 heavy (non-hydrogen) atoms. The average molecular weight is 155 g/mol. The van der Waals surface area contributed by atoms with Crippen molar-refractivity contribution >= 4 is 0 Å². The van der Waals surface area contributed by atoms with Gasteiger partial charge in [0.05, 0.1) is 5.48 Å². The molecule has 0 spiro atoms. The lowest BCUT2D eigenvalue weighted by molar-refractivity contribution is 0.733. The van der Waals surface area contributed by atoms with E-state index in [-0.39, 0.29) is 35.3 Å². The van der Waals surface area contributed by atoms with Crippen LogP contribution in [0.5, 0.6) is 0 Å². The van der Waals surface area contributed by atoms with Gasteiger partial charge < -0.3 is 0 Å². The van der Waals surface area contributed by atoms with Gasteiger partial charge in [0.2, 0.25) is 0 Å². The highest BCUT2D eigenvalue weighted by Gasteiger charge is 2.00. The third kappa shape index (κ3) is 2.07. The van der Waals surface area contributed by atoms with Gasteiger partial charge in [0.25, 0.3) is 0 Å². The zero-order valence-electron chi connectivity index (χ0n) is 14.0. The van der Waals surface area contributed by atoms with Crippen molar-refractivity contribution < 1.29 is 9.60 Å². The van der Waals surface area contributed by atoms with Gasteiger partial charge in [-0.3, -0.25) is 0 Å². The molecule has 1 rings (SSSR count). The molecule has 0 aliphatic heterocycles. The summed E-state index contributed by atoms with van der Waals surface area (Å²) >= 11 is 0. The molecule has 0 saturated heterocycles. The Labute approximate surface area is 79.1 Å². The van der Waals surface area contributed by atoms with Crippen molar-refractivity contribution in [1.82, 2.24) is 0 Å². The van der Waals surface area contributed by atoms with Crippen LogP contribution >= 0.6 is 0 Å². The van der Waals surface area contributed by atoms with Crippen molar-refractivity contribution in [2.45, 2.75) is 33.0 Å². The number of rotatable bonds is 2. The average Bonchev–Trinajstić information content (AvgIpc) is 2.22. The van der Waals surface area contributed by atoms with Crippen molar-refractivity contribution in [3.05, 3.63) is 35.3 Å². The van der Waals surface area contributed by atoms with E-state index in [1.165, 1.54) is 20.8 Å². The van der Waals surface area contributed by atoms with Crippen LogP contribution in [0.3, 0.4) is 0 Å². The molecule has 0 aromatic heterocycles. The van der Waals surface area contributed by atoms with Crippen LogP contribution in [0.2, 0.25) is 0 Å². The van der Waals surface area contributed by atoms with E-state index in [4.69, 9.17) is 9.60 Å². The molecule has 0 aliphatic carbocycles. The molecule has 0 heterocycles. The SMILES string of the molecule is [2H]c1c([2H])c(C([2H])(C)C([2H])([2H])C)c([2H])c([2H])c1C. The maximum absolute atomic E-state index is 8.08. The quantitative estimate of drug-likeness (QED) is 0.613. The summed E-state index contributed by atoms with van der Waals surface area (Å²) in [7, 11) is 0. The van der Waals surface area contributed by atoms with Crippen molar-refractivity contribution in [2.75, 3.05) is 0 Å². The first-order valence-electron chi connectivity index (χ1n) is 7.00. The Morgan fingerprint density at radius 3 is 2.55 bits per heavy atom. The summed E-state index contributed by atoms with van der Waals surface area (Å²) in [4.78, 5) is 0. The van der Waals surface area contributed by atoms with Crippen LogP contribution < -0.4 is 0 Å². The molecule has 60 valence electrons. The van der Waals surface area contributed by atoms with Gasteiger partial charge in [-0.15, -0.1) is 0 Å². The van der Waals surface area contributed by atoms with Crippen LogP contribution in [0.1, 0.15) is 46.8 Å². The van der Waals surface area contributed by atoms with Crippen LogP contribution in [0.15, 0.2) is 24.2 Å². The lowest BCUT2D eigenvalue weighted by atomic mass is 9.98. The first-order valence-corrected chi connectivity index (χ1v) is 3.50. The van der Waals surface area contributed by atoms with E-state index in [9.17, 15) is 0 Å². The minimum Gasteiger partial charge on any atom is -0.0648 e. The van der Waals surface area contributed by atoms with Crippen LogP contribution in [-0.4, -0.2) is 0 Å². The fourth-order valence-electron chi connectivity index (χ4n) is 0.688. The molecule has 0 fully saturated rings. The van der Waals surface area contributed by atoms with Gasteiger partial charge in [-0.25, -0.2) is 0 Å². The second-order valence-corrected chi connectivity index (χ2v) is 2.38. The van der Waals surface area contributed by atoms with E-state index in [0.717, 1.165) is 0 Å². The molecule has 0 amide bonds. The van der Waals surface area contributed by atoms with Gasteiger partial charge in [-0.1, -0.05) is 43.6 Å². The predicted molar refractivity (Wildman–Crippen MR) is 49.9 cm³/mol. The topological polar surface area (TPSA) is 0 Å². The Morgan fingerprint density at radius 2 is 2.09 bits per heavy atom. The number of hydrogen-bond donors (Lipinski definition) is 0. The molecule has 1 unspecified atom stereocenters. The highest BCUT2D eigenvalue weighted by Crippen LogP contribution is 2.18. The van der Waals surface area contributed by atoms with Crippen molar-refractivity contribution in [3.8, 4) is 0 Å². The van der Waals surface area contributed by atoms with Crippen molar-refractivity contribution in [3.63, 3.8) is 0 Å². The fourth-order valence-corrected chi connectivity index (χ4v) is 0.688. The van der Waals surface area contributed by atoms with Gasteiger partial charge in [0.1, 0.15) is 0 Å². The maximum Gasteiger partial charge on any atom is 0.0626 e. The van der Waals surface area contributed by atoms with E-state index in [0.29, 0.717) is 0 Å². The van der Waals surface area contributed by atoms with Gasteiger partial charge in [-0.05, 0) is 24.8 Å². The third-order valence-corrected chi connectivity index (χ3v) is 1.50. The van der Waals surface area contributed by atoms with Crippen LogP contribution in [0.25, 0.3) is 0 Å². The van der Waals surface area contributed by atoms with Crippen molar-refractivity contribution in [2.24, 2.45) is 0 Å². The second-order valence-electron chi connectivity index (χ2n) is 2.38. The second kappa shape index (κ2) is 3.56. The van der Waals surface area contributed by atoms with Gasteiger partial charge in [0.15, 0.2) is 0 Å². The Bertz CT molecular complexity index is 456. The summed E-state index contributed by atoms with van der Waals surface area (Å²) in [5.74, 6) is -1.85. The Morgan fingerprint density at radius 1 is 1.55 bits per heavy atom. The summed E-state index contributed by atoms with van der Waals surface area (Å²) in [6.45, 7) is 3.95. The zero-order valence-corrected chi connectivity index (χ0v) is 7.00. The smallest absolute Gasteiger partial charge is 0.0626 e. The maximum atomic E-state index is 8.08.